The first-order valence-corrected chi connectivity index (χ1v) is 11.2. The smallest absolute Gasteiger partial charge is 0.272 e. The summed E-state index contributed by atoms with van der Waals surface area (Å²) in [6, 6.07) is 5.83. The van der Waals surface area contributed by atoms with Crippen LogP contribution in [0.4, 0.5) is 17.6 Å². The van der Waals surface area contributed by atoms with Crippen molar-refractivity contribution in [2.45, 2.75) is 31.6 Å². The molecule has 31 heavy (non-hydrogen) atoms. The van der Waals surface area contributed by atoms with E-state index in [1.807, 2.05) is 17.0 Å². The van der Waals surface area contributed by atoms with Crippen LogP contribution in [0.5, 0.6) is 0 Å². The SMILES string of the molecule is O=C(c1ccc2c(Nc3cc(C4CC4)[nH]n3)nc(N3CCCC3)nn12)N1CCNCC1. The predicted molar refractivity (Wildman–Crippen MR) is 117 cm³/mol. The highest BCUT2D eigenvalue weighted by Gasteiger charge is 2.27. The van der Waals surface area contributed by atoms with Crippen molar-refractivity contribution < 1.29 is 4.79 Å². The van der Waals surface area contributed by atoms with E-state index in [-0.39, 0.29) is 5.91 Å². The first kappa shape index (κ1) is 18.6. The fourth-order valence-corrected chi connectivity index (χ4v) is 4.45. The molecular weight excluding hydrogens is 394 g/mol. The minimum absolute atomic E-state index is 0.00862. The van der Waals surface area contributed by atoms with Crippen molar-refractivity contribution in [3.05, 3.63) is 29.6 Å². The quantitative estimate of drug-likeness (QED) is 0.576. The minimum Gasteiger partial charge on any atom is -0.340 e. The molecule has 6 rings (SSSR count). The second kappa shape index (κ2) is 7.52. The Morgan fingerprint density at radius 3 is 2.68 bits per heavy atom. The second-order valence-corrected chi connectivity index (χ2v) is 8.62. The Kier molecular flexibility index (Phi) is 4.52. The molecule has 2 saturated heterocycles. The normalized spacial score (nSPS) is 19.4. The van der Waals surface area contributed by atoms with Crippen LogP contribution in [0.15, 0.2) is 18.2 Å². The monoisotopic (exact) mass is 421 g/mol. The molecule has 3 aliphatic rings. The third kappa shape index (κ3) is 3.50. The lowest BCUT2D eigenvalue weighted by Crippen LogP contribution is -2.46. The average molecular weight is 422 g/mol. The lowest BCUT2D eigenvalue weighted by atomic mass is 10.3. The summed E-state index contributed by atoms with van der Waals surface area (Å²) in [6.07, 6.45) is 4.70. The third-order valence-corrected chi connectivity index (χ3v) is 6.37. The van der Waals surface area contributed by atoms with Gasteiger partial charge in [0.1, 0.15) is 11.2 Å². The van der Waals surface area contributed by atoms with E-state index in [0.29, 0.717) is 36.5 Å². The molecule has 5 heterocycles. The van der Waals surface area contributed by atoms with Gasteiger partial charge in [0.2, 0.25) is 5.95 Å². The highest BCUT2D eigenvalue weighted by atomic mass is 16.2. The van der Waals surface area contributed by atoms with Gasteiger partial charge in [-0.1, -0.05) is 0 Å². The largest absolute Gasteiger partial charge is 0.340 e. The van der Waals surface area contributed by atoms with Gasteiger partial charge < -0.3 is 20.4 Å². The maximum Gasteiger partial charge on any atom is 0.272 e. The summed E-state index contributed by atoms with van der Waals surface area (Å²) in [5, 5.41) is 19.0. The summed E-state index contributed by atoms with van der Waals surface area (Å²) < 4.78 is 1.75. The summed E-state index contributed by atoms with van der Waals surface area (Å²) in [5.74, 6) is 2.67. The number of hydrogen-bond acceptors (Lipinski definition) is 7. The summed E-state index contributed by atoms with van der Waals surface area (Å²) >= 11 is 0. The van der Waals surface area contributed by atoms with Gasteiger partial charge in [-0.2, -0.15) is 10.1 Å². The number of carbonyl (C=O) groups excluding carboxylic acids is 1. The first-order chi connectivity index (χ1) is 15.3. The number of hydrogen-bond donors (Lipinski definition) is 3. The van der Waals surface area contributed by atoms with Gasteiger partial charge in [-0.25, -0.2) is 4.52 Å². The molecular formula is C21H27N9O. The Hall–Kier alpha value is -3.14. The Labute approximate surface area is 180 Å². The van der Waals surface area contributed by atoms with E-state index in [1.54, 1.807) is 4.52 Å². The highest BCUT2D eigenvalue weighted by molar-refractivity contribution is 5.95. The van der Waals surface area contributed by atoms with Crippen molar-refractivity contribution in [1.29, 1.82) is 0 Å². The van der Waals surface area contributed by atoms with Gasteiger partial charge in [-0.15, -0.1) is 5.10 Å². The third-order valence-electron chi connectivity index (χ3n) is 6.37. The molecule has 0 radical (unpaired) electrons. The summed E-state index contributed by atoms with van der Waals surface area (Å²) in [6.45, 7) is 4.91. The van der Waals surface area contributed by atoms with Crippen molar-refractivity contribution in [3.63, 3.8) is 0 Å². The molecule has 3 N–H and O–H groups in total. The number of anilines is 3. The van der Waals surface area contributed by atoms with Crippen LogP contribution in [-0.2, 0) is 0 Å². The van der Waals surface area contributed by atoms with Gasteiger partial charge in [-0.3, -0.25) is 9.89 Å². The standard InChI is InChI=1S/C21H27N9O/c31-20(28-11-7-22-8-12-28)17-6-5-16-19(23-18-13-15(25-26-18)14-3-4-14)24-21(27-30(16)17)29-9-1-2-10-29/h5-6,13-14,22H,1-4,7-12H2,(H2,23,24,25,26,27). The number of fused-ring (bicyclic) bond motifs is 1. The maximum absolute atomic E-state index is 13.2. The van der Waals surface area contributed by atoms with Crippen LogP contribution < -0.4 is 15.5 Å². The molecule has 0 unspecified atom stereocenters. The number of aromatic nitrogens is 5. The summed E-state index contributed by atoms with van der Waals surface area (Å²) in [4.78, 5) is 22.1. The van der Waals surface area contributed by atoms with Gasteiger partial charge in [-0.05, 0) is 37.8 Å². The second-order valence-electron chi connectivity index (χ2n) is 8.62. The van der Waals surface area contributed by atoms with Crippen LogP contribution >= 0.6 is 0 Å². The Balaban J connectivity index is 1.39. The van der Waals surface area contributed by atoms with Gasteiger partial charge >= 0.3 is 0 Å². The molecule has 10 nitrogen and oxygen atoms in total. The average Bonchev–Trinajstić information content (AvgIpc) is 3.20. The molecule has 2 aliphatic heterocycles. The summed E-state index contributed by atoms with van der Waals surface area (Å²) in [5.41, 5.74) is 2.51. The number of aromatic amines is 1. The number of piperazine rings is 1. The molecule has 1 amide bonds. The number of rotatable bonds is 5. The fourth-order valence-electron chi connectivity index (χ4n) is 4.45. The Morgan fingerprint density at radius 1 is 1.10 bits per heavy atom. The first-order valence-electron chi connectivity index (χ1n) is 11.2. The Morgan fingerprint density at radius 2 is 1.90 bits per heavy atom. The molecule has 0 bridgehead atoms. The molecule has 10 heteroatoms. The molecule has 0 atom stereocenters. The molecule has 0 spiro atoms. The summed E-state index contributed by atoms with van der Waals surface area (Å²) in [7, 11) is 0. The van der Waals surface area contributed by atoms with Crippen molar-refractivity contribution in [3.8, 4) is 0 Å². The Bertz CT molecular complexity index is 1100. The molecule has 1 aliphatic carbocycles. The number of nitrogens with zero attached hydrogens (tertiary/aromatic N) is 6. The molecule has 3 fully saturated rings. The zero-order valence-corrected chi connectivity index (χ0v) is 17.5. The van der Waals surface area contributed by atoms with E-state index < -0.39 is 0 Å². The minimum atomic E-state index is 0.00862. The van der Waals surface area contributed by atoms with Crippen molar-refractivity contribution >= 4 is 29.0 Å². The van der Waals surface area contributed by atoms with Gasteiger partial charge in [0.05, 0.1) is 0 Å². The molecule has 162 valence electrons. The van der Waals surface area contributed by atoms with Crippen molar-refractivity contribution in [2.75, 3.05) is 49.5 Å². The maximum atomic E-state index is 13.2. The van der Waals surface area contributed by atoms with Crippen LogP contribution in [-0.4, -0.2) is 74.9 Å². The zero-order valence-electron chi connectivity index (χ0n) is 17.5. The van der Waals surface area contributed by atoms with E-state index in [9.17, 15) is 4.79 Å². The van der Waals surface area contributed by atoms with Gasteiger partial charge in [0, 0.05) is 56.9 Å². The van der Waals surface area contributed by atoms with Crippen molar-refractivity contribution in [2.24, 2.45) is 0 Å². The number of carbonyl (C=O) groups is 1. The van der Waals surface area contributed by atoms with Crippen LogP contribution in [0.25, 0.3) is 5.52 Å². The zero-order chi connectivity index (χ0) is 20.8. The van der Waals surface area contributed by atoms with Crippen molar-refractivity contribution in [1.82, 2.24) is 35.0 Å². The number of amides is 1. The number of nitrogens with one attached hydrogen (secondary N) is 3. The van der Waals surface area contributed by atoms with Crippen LogP contribution in [0.1, 0.15) is 47.8 Å². The molecule has 0 aromatic carbocycles. The predicted octanol–water partition coefficient (Wildman–Crippen LogP) is 1.72. The highest BCUT2D eigenvalue weighted by Crippen LogP contribution is 2.39. The van der Waals surface area contributed by atoms with Gasteiger partial charge in [0.15, 0.2) is 11.6 Å². The lowest BCUT2D eigenvalue weighted by molar-refractivity contribution is 0.0727. The topological polar surface area (TPSA) is 106 Å². The van der Waals surface area contributed by atoms with Gasteiger partial charge in [0.25, 0.3) is 5.91 Å². The van der Waals surface area contributed by atoms with E-state index in [1.165, 1.54) is 12.8 Å². The lowest BCUT2D eigenvalue weighted by Gasteiger charge is -2.27. The van der Waals surface area contributed by atoms with Crippen LogP contribution in [0, 0.1) is 0 Å². The van der Waals surface area contributed by atoms with E-state index >= 15 is 0 Å². The van der Waals surface area contributed by atoms with E-state index in [2.05, 4.69) is 31.8 Å². The van der Waals surface area contributed by atoms with Crippen LogP contribution in [0.2, 0.25) is 0 Å². The molecule has 1 saturated carbocycles. The fraction of sp³-hybridized carbons (Fsp3) is 0.524. The molecule has 3 aromatic heterocycles. The number of H-pyrrole nitrogens is 1. The van der Waals surface area contributed by atoms with E-state index in [4.69, 9.17) is 10.1 Å². The molecule has 3 aromatic rings. The van der Waals surface area contributed by atoms with Crippen LogP contribution in [0.3, 0.4) is 0 Å². The van der Waals surface area contributed by atoms with E-state index in [0.717, 1.165) is 56.0 Å².